The minimum absolute atomic E-state index is 0.252. The molecule has 0 aliphatic carbocycles. The smallest absolute Gasteiger partial charge is 0.332 e. The standard InChI is InChI=1S/C26H25FN2O4/c1-3-32-22-14-20(15-23(16-22)33-13-12-19-6-4-5-7-24(19)27)25(26(30)31-2)29-21-10-8-18(17-28)9-11-21/h4-11,14-16,25,29H,3,12-13H2,1-2H3. The number of hydrogen-bond donors (Lipinski definition) is 1. The van der Waals surface area contributed by atoms with Crippen molar-refractivity contribution in [2.45, 2.75) is 19.4 Å². The van der Waals surface area contributed by atoms with Gasteiger partial charge in [0.05, 0.1) is 32.0 Å². The molecule has 0 amide bonds. The van der Waals surface area contributed by atoms with Crippen molar-refractivity contribution in [2.75, 3.05) is 25.6 Å². The van der Waals surface area contributed by atoms with Gasteiger partial charge in [-0.2, -0.15) is 5.26 Å². The lowest BCUT2D eigenvalue weighted by molar-refractivity contribution is -0.141. The fourth-order valence-corrected chi connectivity index (χ4v) is 3.28. The summed E-state index contributed by atoms with van der Waals surface area (Å²) in [6.45, 7) is 2.55. The average Bonchev–Trinajstić information content (AvgIpc) is 2.83. The molecule has 1 N–H and O–H groups in total. The molecule has 33 heavy (non-hydrogen) atoms. The number of methoxy groups -OCH3 is 1. The van der Waals surface area contributed by atoms with Crippen LogP contribution in [0.2, 0.25) is 0 Å². The van der Waals surface area contributed by atoms with Crippen molar-refractivity contribution < 1.29 is 23.4 Å². The van der Waals surface area contributed by atoms with Crippen LogP contribution in [0.15, 0.2) is 66.7 Å². The van der Waals surface area contributed by atoms with E-state index in [2.05, 4.69) is 11.4 Å². The number of nitriles is 1. The van der Waals surface area contributed by atoms with Gasteiger partial charge in [0.25, 0.3) is 0 Å². The Bertz CT molecular complexity index is 1130. The second-order valence-corrected chi connectivity index (χ2v) is 7.15. The molecule has 0 heterocycles. The number of nitrogens with one attached hydrogen (secondary N) is 1. The van der Waals surface area contributed by atoms with E-state index in [0.29, 0.717) is 46.9 Å². The molecule has 170 valence electrons. The summed E-state index contributed by atoms with van der Waals surface area (Å²) in [6, 6.07) is 19.7. The molecule has 0 aromatic heterocycles. The van der Waals surface area contributed by atoms with Crippen LogP contribution in [0.1, 0.15) is 29.7 Å². The third-order valence-electron chi connectivity index (χ3n) is 4.91. The normalized spacial score (nSPS) is 11.2. The van der Waals surface area contributed by atoms with E-state index in [-0.39, 0.29) is 12.4 Å². The fourth-order valence-electron chi connectivity index (χ4n) is 3.28. The van der Waals surface area contributed by atoms with Crippen LogP contribution in [0.25, 0.3) is 0 Å². The van der Waals surface area contributed by atoms with E-state index >= 15 is 0 Å². The molecule has 0 aliphatic rings. The van der Waals surface area contributed by atoms with Gasteiger partial charge in [-0.25, -0.2) is 9.18 Å². The second-order valence-electron chi connectivity index (χ2n) is 7.15. The maximum Gasteiger partial charge on any atom is 0.332 e. The van der Waals surface area contributed by atoms with Crippen molar-refractivity contribution >= 4 is 11.7 Å². The van der Waals surface area contributed by atoms with E-state index in [0.717, 1.165) is 0 Å². The van der Waals surface area contributed by atoms with Gasteiger partial charge in [-0.05, 0) is 60.5 Å². The van der Waals surface area contributed by atoms with Crippen molar-refractivity contribution in [1.29, 1.82) is 5.26 Å². The zero-order valence-electron chi connectivity index (χ0n) is 18.5. The van der Waals surface area contributed by atoms with Crippen LogP contribution < -0.4 is 14.8 Å². The second kappa shape index (κ2) is 11.5. The number of ether oxygens (including phenoxy) is 3. The molecule has 1 atom stereocenters. The highest BCUT2D eigenvalue weighted by Gasteiger charge is 2.23. The summed E-state index contributed by atoms with van der Waals surface area (Å²) >= 11 is 0. The van der Waals surface area contributed by atoms with Crippen molar-refractivity contribution in [2.24, 2.45) is 0 Å². The Morgan fingerprint density at radius 3 is 2.39 bits per heavy atom. The van der Waals surface area contributed by atoms with Crippen LogP contribution in [0, 0.1) is 17.1 Å². The summed E-state index contributed by atoms with van der Waals surface area (Å²) < 4.78 is 30.4. The predicted molar refractivity (Wildman–Crippen MR) is 123 cm³/mol. The molecule has 1 unspecified atom stereocenters. The topological polar surface area (TPSA) is 80.6 Å². The minimum Gasteiger partial charge on any atom is -0.494 e. The quantitative estimate of drug-likeness (QED) is 0.438. The number of carbonyl (C=O) groups excluding carboxylic acids is 1. The van der Waals surface area contributed by atoms with Gasteiger partial charge >= 0.3 is 5.97 Å². The van der Waals surface area contributed by atoms with Crippen LogP contribution >= 0.6 is 0 Å². The van der Waals surface area contributed by atoms with E-state index in [9.17, 15) is 9.18 Å². The number of halogens is 1. The predicted octanol–water partition coefficient (Wildman–Crippen LogP) is 5.04. The first-order valence-corrected chi connectivity index (χ1v) is 10.5. The molecular weight excluding hydrogens is 423 g/mol. The zero-order chi connectivity index (χ0) is 23.6. The van der Waals surface area contributed by atoms with Crippen LogP contribution in [0.3, 0.4) is 0 Å². The third kappa shape index (κ3) is 6.47. The van der Waals surface area contributed by atoms with E-state index in [1.807, 2.05) is 6.92 Å². The molecule has 0 saturated carbocycles. The number of hydrogen-bond acceptors (Lipinski definition) is 6. The number of nitrogens with zero attached hydrogens (tertiary/aromatic N) is 1. The molecule has 3 aromatic carbocycles. The van der Waals surface area contributed by atoms with Crippen molar-refractivity contribution in [1.82, 2.24) is 0 Å². The lowest BCUT2D eigenvalue weighted by Crippen LogP contribution is -2.22. The molecule has 0 bridgehead atoms. The van der Waals surface area contributed by atoms with Gasteiger partial charge in [0.2, 0.25) is 0 Å². The first-order valence-electron chi connectivity index (χ1n) is 10.5. The number of anilines is 1. The van der Waals surface area contributed by atoms with Crippen LogP contribution in [0.4, 0.5) is 10.1 Å². The SMILES string of the molecule is CCOc1cc(OCCc2ccccc2F)cc(C(Nc2ccc(C#N)cc2)C(=O)OC)c1. The van der Waals surface area contributed by atoms with E-state index < -0.39 is 12.0 Å². The third-order valence-corrected chi connectivity index (χ3v) is 4.91. The molecule has 0 spiro atoms. The molecule has 3 aromatic rings. The highest BCUT2D eigenvalue weighted by molar-refractivity contribution is 5.81. The van der Waals surface area contributed by atoms with E-state index in [4.69, 9.17) is 19.5 Å². The maximum atomic E-state index is 13.9. The zero-order valence-corrected chi connectivity index (χ0v) is 18.5. The Hall–Kier alpha value is -4.05. The first-order chi connectivity index (χ1) is 16.0. The highest BCUT2D eigenvalue weighted by Crippen LogP contribution is 2.30. The van der Waals surface area contributed by atoms with Gasteiger partial charge < -0.3 is 19.5 Å². The van der Waals surface area contributed by atoms with E-state index in [1.54, 1.807) is 60.7 Å². The molecule has 0 fully saturated rings. The summed E-state index contributed by atoms with van der Waals surface area (Å²) in [7, 11) is 1.31. The maximum absolute atomic E-state index is 13.9. The summed E-state index contributed by atoms with van der Waals surface area (Å²) in [5.41, 5.74) is 2.30. The fraction of sp³-hybridized carbons (Fsp3) is 0.231. The van der Waals surface area contributed by atoms with Gasteiger partial charge in [-0.15, -0.1) is 0 Å². The van der Waals surface area contributed by atoms with Crippen molar-refractivity contribution in [3.05, 3.63) is 89.2 Å². The van der Waals surface area contributed by atoms with Crippen molar-refractivity contribution in [3.8, 4) is 17.6 Å². The Morgan fingerprint density at radius 1 is 1.06 bits per heavy atom. The van der Waals surface area contributed by atoms with Gasteiger partial charge in [0, 0.05) is 18.2 Å². The molecule has 0 aliphatic heterocycles. The number of carbonyl (C=O) groups is 1. The molecule has 6 nitrogen and oxygen atoms in total. The summed E-state index contributed by atoms with van der Waals surface area (Å²) in [4.78, 5) is 12.6. The molecule has 0 radical (unpaired) electrons. The number of esters is 1. The van der Waals surface area contributed by atoms with E-state index in [1.165, 1.54) is 13.2 Å². The number of benzene rings is 3. The molecule has 0 saturated heterocycles. The summed E-state index contributed by atoms with van der Waals surface area (Å²) in [5.74, 6) is 0.252. The number of rotatable bonds is 10. The van der Waals surface area contributed by atoms with Gasteiger partial charge in [-0.1, -0.05) is 18.2 Å². The molecular formula is C26H25FN2O4. The lowest BCUT2D eigenvalue weighted by Gasteiger charge is -2.20. The largest absolute Gasteiger partial charge is 0.494 e. The average molecular weight is 448 g/mol. The van der Waals surface area contributed by atoms with Crippen LogP contribution in [-0.2, 0) is 16.0 Å². The van der Waals surface area contributed by atoms with Crippen LogP contribution in [0.5, 0.6) is 11.5 Å². The molecule has 3 rings (SSSR count). The lowest BCUT2D eigenvalue weighted by atomic mass is 10.1. The first kappa shape index (κ1) is 23.6. The Kier molecular flexibility index (Phi) is 8.25. The Balaban J connectivity index is 1.84. The summed E-state index contributed by atoms with van der Waals surface area (Å²) in [6.07, 6.45) is 0.394. The minimum atomic E-state index is -0.836. The van der Waals surface area contributed by atoms with Gasteiger partial charge in [0.1, 0.15) is 17.3 Å². The monoisotopic (exact) mass is 448 g/mol. The Labute approximate surface area is 192 Å². The van der Waals surface area contributed by atoms with Crippen molar-refractivity contribution in [3.63, 3.8) is 0 Å². The van der Waals surface area contributed by atoms with Crippen LogP contribution in [-0.4, -0.2) is 26.3 Å². The Morgan fingerprint density at radius 2 is 1.76 bits per heavy atom. The molecule has 7 heteroatoms. The highest BCUT2D eigenvalue weighted by atomic mass is 19.1. The van der Waals surface area contributed by atoms with Gasteiger partial charge in [0.15, 0.2) is 6.04 Å². The van der Waals surface area contributed by atoms with Gasteiger partial charge in [-0.3, -0.25) is 0 Å². The summed E-state index contributed by atoms with van der Waals surface area (Å²) in [5, 5.41) is 12.1.